The van der Waals surface area contributed by atoms with E-state index in [1.54, 1.807) is 48.5 Å². The van der Waals surface area contributed by atoms with Gasteiger partial charge in [-0.25, -0.2) is 0 Å². The van der Waals surface area contributed by atoms with Crippen LogP contribution in [0.1, 0.15) is 182 Å². The number of hydrogen-bond donors (Lipinski definition) is 6. The molecule has 6 N–H and O–H groups in total. The monoisotopic (exact) mass is 1350 g/mol. The number of morpholine rings is 1. The first kappa shape index (κ1) is 85.1. The van der Waals surface area contributed by atoms with Gasteiger partial charge in [0.1, 0.15) is 66.5 Å². The van der Waals surface area contributed by atoms with Gasteiger partial charge in [-0.05, 0) is 115 Å². The molecule has 0 bridgehead atoms. The molecule has 2 fully saturated rings. The first-order valence-electron chi connectivity index (χ1n) is 35.0. The highest BCUT2D eigenvalue weighted by Gasteiger charge is 2.45. The standard InChI is InChI=1S/C69H126N12O14/c1-24-26-27-30-45(13)58(82)55-61(85)72-50(25-2)66(90)75(18)48(16)65(89)80(23)57(49(17)95-34-29-28-31-81-32-35-94-36-33-81)63(87)73-54(43(9)10)69(93)76(19)51(37-40(3)4)60(84)70-46(14)59(83)71-47(15)64(88)77(20)52(38-41(5)6)67(91)78(21)53(39-42(7)8)68(92)79(22)56(44(11)12)62(86)74-55/h40-58,82H,24-39H2,1-23H3,(H,70,84)(H,71,83)(H,72,85)(H,73,87)(H,74,86)/t45-,46+,47-,48-,49-,50+,51+,52+,53+,54+,55+,56+,57+,58-/m1/s1. The summed E-state index contributed by atoms with van der Waals surface area (Å²) in [6.07, 6.45) is 2.25. The molecular weight excluding hydrogens is 1220 g/mol. The number of unbranched alkanes of at least 4 members (excludes halogenated alkanes) is 3. The molecule has 0 aromatic rings. The molecular formula is C69H126N12O14. The fourth-order valence-corrected chi connectivity index (χ4v) is 12.4. The van der Waals surface area contributed by atoms with Gasteiger partial charge in [0.2, 0.25) is 65.0 Å². The highest BCUT2D eigenvalue weighted by molar-refractivity contribution is 6.00. The minimum Gasteiger partial charge on any atom is -0.390 e. The Hall–Kier alpha value is -5.99. The second-order valence-corrected chi connectivity index (χ2v) is 28.8. The lowest BCUT2D eigenvalue weighted by Gasteiger charge is -2.40. The summed E-state index contributed by atoms with van der Waals surface area (Å²) in [6.45, 7) is 33.4. The maximum absolute atomic E-state index is 15.1. The number of hydrogen-bond acceptors (Lipinski definition) is 15. The number of aliphatic hydroxyl groups is 1. The molecule has 95 heavy (non-hydrogen) atoms. The van der Waals surface area contributed by atoms with Crippen molar-refractivity contribution in [2.45, 2.75) is 261 Å². The number of aliphatic hydroxyl groups excluding tert-OH is 1. The zero-order chi connectivity index (χ0) is 72.6. The molecule has 11 amide bonds. The third-order valence-electron chi connectivity index (χ3n) is 18.7. The van der Waals surface area contributed by atoms with E-state index in [0.717, 1.165) is 43.8 Å². The zero-order valence-corrected chi connectivity index (χ0v) is 62.2. The average Bonchev–Trinajstić information content (AvgIpc) is 0.826. The van der Waals surface area contributed by atoms with Crippen molar-refractivity contribution in [1.29, 1.82) is 0 Å². The smallest absolute Gasteiger partial charge is 0.246 e. The lowest BCUT2D eigenvalue weighted by molar-refractivity contribution is -0.154. The van der Waals surface area contributed by atoms with E-state index in [0.29, 0.717) is 32.5 Å². The molecule has 546 valence electrons. The average molecular weight is 1350 g/mol. The molecule has 0 aromatic heterocycles. The fraction of sp³-hybridized carbons (Fsp3) is 0.841. The number of rotatable bonds is 22. The first-order valence-corrected chi connectivity index (χ1v) is 35.0. The van der Waals surface area contributed by atoms with Crippen molar-refractivity contribution in [3.05, 3.63) is 0 Å². The van der Waals surface area contributed by atoms with Gasteiger partial charge in [0.05, 0.1) is 25.4 Å². The Morgan fingerprint density at radius 2 is 0.958 bits per heavy atom. The molecule has 2 aliphatic rings. The van der Waals surface area contributed by atoms with E-state index >= 15 is 14.4 Å². The molecule has 26 nitrogen and oxygen atoms in total. The van der Waals surface area contributed by atoms with Crippen LogP contribution in [0.5, 0.6) is 0 Å². The number of likely N-dealkylation sites (N-methyl/N-ethyl adjacent to an activating group) is 6. The Morgan fingerprint density at radius 1 is 0.474 bits per heavy atom. The van der Waals surface area contributed by atoms with Crippen molar-refractivity contribution in [3.8, 4) is 0 Å². The lowest BCUT2D eigenvalue weighted by atomic mass is 9.91. The van der Waals surface area contributed by atoms with Crippen molar-refractivity contribution < 1.29 is 67.3 Å². The molecule has 2 heterocycles. The van der Waals surface area contributed by atoms with Crippen LogP contribution in [0.4, 0.5) is 0 Å². The summed E-state index contributed by atoms with van der Waals surface area (Å²) in [7, 11) is 8.56. The second kappa shape index (κ2) is 40.7. The second-order valence-electron chi connectivity index (χ2n) is 28.8. The van der Waals surface area contributed by atoms with Crippen LogP contribution < -0.4 is 26.6 Å². The van der Waals surface area contributed by atoms with Crippen molar-refractivity contribution in [2.75, 3.05) is 81.7 Å². The Bertz CT molecular complexity index is 2510. The van der Waals surface area contributed by atoms with Gasteiger partial charge in [-0.2, -0.15) is 0 Å². The van der Waals surface area contributed by atoms with Crippen LogP contribution >= 0.6 is 0 Å². The summed E-state index contributed by atoms with van der Waals surface area (Å²) in [4.78, 5) is 172. The van der Waals surface area contributed by atoms with E-state index in [4.69, 9.17) is 9.47 Å². The maximum atomic E-state index is 15.1. The molecule has 0 aliphatic carbocycles. The van der Waals surface area contributed by atoms with Crippen LogP contribution in [-0.4, -0.2) is 265 Å². The van der Waals surface area contributed by atoms with Gasteiger partial charge in [-0.15, -0.1) is 0 Å². The van der Waals surface area contributed by atoms with Crippen molar-refractivity contribution >= 4 is 65.0 Å². The summed E-state index contributed by atoms with van der Waals surface area (Å²) in [5.74, 6) is -9.99. The molecule has 0 spiro atoms. The first-order chi connectivity index (χ1) is 44.3. The number of ether oxygens (including phenoxy) is 2. The fourth-order valence-electron chi connectivity index (χ4n) is 12.4. The summed E-state index contributed by atoms with van der Waals surface area (Å²) in [6, 6.07) is -14.1. The Labute approximate surface area is 568 Å². The molecule has 26 heteroatoms. The van der Waals surface area contributed by atoms with E-state index in [1.165, 1.54) is 87.6 Å². The normalized spacial score (nSPS) is 27.4. The molecule has 0 radical (unpaired) electrons. The highest BCUT2D eigenvalue weighted by atomic mass is 16.5. The van der Waals surface area contributed by atoms with Crippen LogP contribution in [-0.2, 0) is 62.2 Å². The molecule has 0 saturated carbocycles. The predicted molar refractivity (Wildman–Crippen MR) is 366 cm³/mol. The van der Waals surface area contributed by atoms with Crippen LogP contribution in [0, 0.1) is 35.5 Å². The molecule has 2 aliphatic heterocycles. The Balaban J connectivity index is 2.97. The molecule has 2 rings (SSSR count). The number of amides is 11. The number of carbonyl (C=O) groups excluding carboxylic acids is 11. The van der Waals surface area contributed by atoms with Gasteiger partial charge >= 0.3 is 0 Å². The van der Waals surface area contributed by atoms with E-state index in [2.05, 4.69) is 31.5 Å². The Kier molecular flexibility index (Phi) is 36.4. The van der Waals surface area contributed by atoms with Gasteiger partial charge in [0.25, 0.3) is 0 Å². The van der Waals surface area contributed by atoms with Crippen molar-refractivity contribution in [3.63, 3.8) is 0 Å². The zero-order valence-electron chi connectivity index (χ0n) is 62.2. The minimum absolute atomic E-state index is 0.000943. The molecule has 2 saturated heterocycles. The van der Waals surface area contributed by atoms with E-state index in [9.17, 15) is 43.5 Å². The summed E-state index contributed by atoms with van der Waals surface area (Å²) >= 11 is 0. The maximum Gasteiger partial charge on any atom is 0.246 e. The molecule has 14 atom stereocenters. The van der Waals surface area contributed by atoms with Gasteiger partial charge in [0.15, 0.2) is 0 Å². The van der Waals surface area contributed by atoms with Crippen LogP contribution in [0.3, 0.4) is 0 Å². The lowest BCUT2D eigenvalue weighted by Crippen LogP contribution is -2.64. The van der Waals surface area contributed by atoms with Crippen molar-refractivity contribution in [2.24, 2.45) is 35.5 Å². The minimum atomic E-state index is -1.66. The van der Waals surface area contributed by atoms with Crippen molar-refractivity contribution in [1.82, 2.24) is 60.9 Å². The highest BCUT2D eigenvalue weighted by Crippen LogP contribution is 2.25. The number of nitrogens with zero attached hydrogens (tertiary/aromatic N) is 7. The summed E-state index contributed by atoms with van der Waals surface area (Å²) in [5.41, 5.74) is 0. The van der Waals surface area contributed by atoms with Gasteiger partial charge in [-0.3, -0.25) is 57.6 Å². The van der Waals surface area contributed by atoms with Crippen LogP contribution in [0.2, 0.25) is 0 Å². The SMILES string of the molecule is CCCCC[C@@H](C)[C@@H](O)[C@@H]1NC(=O)[C@H](C(C)C)N(C)C(=O)[C@H](CC(C)C)N(C)C(=O)[C@H](CC(C)C)N(C)C(=O)[C@@H](C)NC(=O)[C@H](C)NC(=O)[C@H](CC(C)C)N(C)C(=O)[C@H](C(C)C)NC(=O)[C@H]([C@@H](C)OCCCCN2CCOCC2)N(C)C(=O)[C@@H](C)N(C)C(=O)[C@H](CC)NC1=O. The van der Waals surface area contributed by atoms with Gasteiger partial charge in [-0.1, -0.05) is 109 Å². The predicted octanol–water partition coefficient (Wildman–Crippen LogP) is 3.40. The van der Waals surface area contributed by atoms with E-state index in [-0.39, 0.29) is 50.0 Å². The van der Waals surface area contributed by atoms with E-state index in [1.807, 2.05) is 48.5 Å². The summed E-state index contributed by atoms with van der Waals surface area (Å²) < 4.78 is 11.9. The number of carbonyl (C=O) groups is 11. The van der Waals surface area contributed by atoms with Crippen LogP contribution in [0.15, 0.2) is 0 Å². The van der Waals surface area contributed by atoms with Gasteiger partial charge in [0, 0.05) is 62.0 Å². The van der Waals surface area contributed by atoms with E-state index < -0.39 is 161 Å². The summed E-state index contributed by atoms with van der Waals surface area (Å²) in [5, 5.41) is 26.0. The molecule has 0 aromatic carbocycles. The third-order valence-corrected chi connectivity index (χ3v) is 18.7. The van der Waals surface area contributed by atoms with Crippen LogP contribution in [0.25, 0.3) is 0 Å². The topological polar surface area (TPSA) is 309 Å². The third kappa shape index (κ3) is 25.1. The van der Waals surface area contributed by atoms with Gasteiger partial charge < -0.3 is 70.6 Å². The molecule has 0 unspecified atom stereocenters. The quantitative estimate of drug-likeness (QED) is 0.0847. The number of nitrogens with one attached hydrogen (secondary N) is 5. The Morgan fingerprint density at radius 3 is 1.47 bits per heavy atom. The largest absolute Gasteiger partial charge is 0.390 e.